The van der Waals surface area contributed by atoms with Gasteiger partial charge in [0.15, 0.2) is 0 Å². The molecular formula is C18H24O4. The van der Waals surface area contributed by atoms with Gasteiger partial charge in [0.25, 0.3) is 0 Å². The van der Waals surface area contributed by atoms with Crippen molar-refractivity contribution in [2.45, 2.75) is 57.0 Å². The fourth-order valence-electron chi connectivity index (χ4n) is 3.20. The van der Waals surface area contributed by atoms with Gasteiger partial charge in [-0.25, -0.2) is 0 Å². The van der Waals surface area contributed by atoms with E-state index in [0.29, 0.717) is 0 Å². The quantitative estimate of drug-likeness (QED) is 0.905. The van der Waals surface area contributed by atoms with Crippen LogP contribution in [0.4, 0.5) is 0 Å². The van der Waals surface area contributed by atoms with E-state index in [1.165, 1.54) is 0 Å². The van der Waals surface area contributed by atoms with E-state index in [-0.39, 0.29) is 11.5 Å². The number of carboxylic acids is 1. The van der Waals surface area contributed by atoms with E-state index in [1.54, 1.807) is 6.92 Å². The van der Waals surface area contributed by atoms with Crippen LogP contribution < -0.4 is 4.74 Å². The lowest BCUT2D eigenvalue weighted by Gasteiger charge is -2.27. The first-order chi connectivity index (χ1) is 10.5. The van der Waals surface area contributed by atoms with Crippen LogP contribution in [0.25, 0.3) is 0 Å². The molecule has 4 nitrogen and oxygen atoms in total. The van der Waals surface area contributed by atoms with Crippen LogP contribution in [0.15, 0.2) is 18.2 Å². The van der Waals surface area contributed by atoms with Crippen LogP contribution >= 0.6 is 0 Å². The molecule has 1 aliphatic heterocycles. The Morgan fingerprint density at radius 2 is 2.05 bits per heavy atom. The van der Waals surface area contributed by atoms with Crippen LogP contribution in [0.2, 0.25) is 0 Å². The highest BCUT2D eigenvalue weighted by Crippen LogP contribution is 2.53. The molecule has 2 fully saturated rings. The topological polar surface area (TPSA) is 55.8 Å². The SMILES string of the molecule is CC(C(=O)O)c1cccc(OC2CCOCC2)c1C1(C)CC1. The summed E-state index contributed by atoms with van der Waals surface area (Å²) in [6.07, 6.45) is 4.16. The van der Waals surface area contributed by atoms with Crippen molar-refractivity contribution >= 4 is 5.97 Å². The van der Waals surface area contributed by atoms with Gasteiger partial charge in [-0.3, -0.25) is 4.79 Å². The van der Waals surface area contributed by atoms with E-state index in [4.69, 9.17) is 9.47 Å². The molecule has 22 heavy (non-hydrogen) atoms. The minimum absolute atomic E-state index is 0.0702. The summed E-state index contributed by atoms with van der Waals surface area (Å²) in [5.41, 5.74) is 2.08. The summed E-state index contributed by atoms with van der Waals surface area (Å²) in [5.74, 6) is -0.420. The molecule has 1 atom stereocenters. The zero-order chi connectivity index (χ0) is 15.7. The minimum atomic E-state index is -0.784. The maximum Gasteiger partial charge on any atom is 0.310 e. The molecule has 0 aromatic heterocycles. The number of aliphatic carboxylic acids is 1. The molecule has 4 heteroatoms. The standard InChI is InChI=1S/C18H24O4/c1-12(17(19)20)14-4-3-5-15(16(14)18(2)8-9-18)22-13-6-10-21-11-7-13/h3-5,12-13H,6-11H2,1-2H3,(H,19,20). The van der Waals surface area contributed by atoms with Crippen molar-refractivity contribution < 1.29 is 19.4 Å². The smallest absolute Gasteiger partial charge is 0.310 e. The Hall–Kier alpha value is -1.55. The van der Waals surface area contributed by atoms with Crippen molar-refractivity contribution in [3.63, 3.8) is 0 Å². The van der Waals surface area contributed by atoms with Gasteiger partial charge < -0.3 is 14.6 Å². The van der Waals surface area contributed by atoms with Crippen molar-refractivity contribution in [1.82, 2.24) is 0 Å². The molecule has 0 radical (unpaired) electrons. The van der Waals surface area contributed by atoms with Gasteiger partial charge in [-0.15, -0.1) is 0 Å². The normalized spacial score (nSPS) is 22.1. The van der Waals surface area contributed by atoms with Gasteiger partial charge in [-0.1, -0.05) is 19.1 Å². The molecule has 1 saturated carbocycles. The van der Waals surface area contributed by atoms with E-state index < -0.39 is 11.9 Å². The summed E-state index contributed by atoms with van der Waals surface area (Å²) in [6, 6.07) is 5.85. The van der Waals surface area contributed by atoms with E-state index in [1.807, 2.05) is 18.2 Å². The Kier molecular flexibility index (Phi) is 4.13. The van der Waals surface area contributed by atoms with Gasteiger partial charge >= 0.3 is 5.97 Å². The molecule has 120 valence electrons. The number of benzene rings is 1. The van der Waals surface area contributed by atoms with Gasteiger partial charge in [0.2, 0.25) is 0 Å². The van der Waals surface area contributed by atoms with E-state index in [0.717, 1.165) is 55.8 Å². The lowest BCUT2D eigenvalue weighted by Crippen LogP contribution is -2.27. The number of ether oxygens (including phenoxy) is 2. The first-order valence-electron chi connectivity index (χ1n) is 8.12. The van der Waals surface area contributed by atoms with Crippen molar-refractivity contribution in [3.05, 3.63) is 29.3 Å². The average molecular weight is 304 g/mol. The predicted molar refractivity (Wildman–Crippen MR) is 83.5 cm³/mol. The minimum Gasteiger partial charge on any atom is -0.490 e. The fraction of sp³-hybridized carbons (Fsp3) is 0.611. The van der Waals surface area contributed by atoms with Crippen molar-refractivity contribution in [2.24, 2.45) is 0 Å². The van der Waals surface area contributed by atoms with Crippen LogP contribution in [-0.4, -0.2) is 30.4 Å². The lowest BCUT2D eigenvalue weighted by molar-refractivity contribution is -0.138. The Balaban J connectivity index is 1.94. The zero-order valence-electron chi connectivity index (χ0n) is 13.3. The first-order valence-corrected chi connectivity index (χ1v) is 8.12. The molecule has 1 N–H and O–H groups in total. The molecule has 0 amide bonds. The van der Waals surface area contributed by atoms with E-state index in [2.05, 4.69) is 6.92 Å². The third kappa shape index (κ3) is 2.98. The van der Waals surface area contributed by atoms with Gasteiger partial charge in [0.05, 0.1) is 19.1 Å². The Morgan fingerprint density at radius 1 is 1.36 bits per heavy atom. The predicted octanol–water partition coefficient (Wildman–Crippen LogP) is 3.48. The molecule has 1 aromatic carbocycles. The third-order valence-electron chi connectivity index (χ3n) is 4.96. The molecule has 2 aliphatic rings. The van der Waals surface area contributed by atoms with Crippen LogP contribution in [0.1, 0.15) is 56.6 Å². The lowest BCUT2D eigenvalue weighted by atomic mass is 9.86. The highest BCUT2D eigenvalue weighted by Gasteiger charge is 2.44. The zero-order valence-corrected chi connectivity index (χ0v) is 13.3. The first kappa shape index (κ1) is 15.3. The average Bonchev–Trinajstić information content (AvgIpc) is 3.26. The van der Waals surface area contributed by atoms with Gasteiger partial charge in [0.1, 0.15) is 11.9 Å². The molecule has 0 spiro atoms. The van der Waals surface area contributed by atoms with Crippen molar-refractivity contribution in [3.8, 4) is 5.75 Å². The third-order valence-corrected chi connectivity index (χ3v) is 4.96. The summed E-state index contributed by atoms with van der Waals surface area (Å²) < 4.78 is 11.6. The van der Waals surface area contributed by atoms with Crippen LogP contribution in [0.5, 0.6) is 5.75 Å². The molecule has 1 saturated heterocycles. The number of hydrogen-bond donors (Lipinski definition) is 1. The van der Waals surface area contributed by atoms with E-state index >= 15 is 0 Å². The highest BCUT2D eigenvalue weighted by molar-refractivity contribution is 5.77. The monoisotopic (exact) mass is 304 g/mol. The second-order valence-corrected chi connectivity index (χ2v) is 6.77. The summed E-state index contributed by atoms with van der Waals surface area (Å²) in [5, 5.41) is 9.40. The summed E-state index contributed by atoms with van der Waals surface area (Å²) in [6.45, 7) is 5.44. The Morgan fingerprint density at radius 3 is 2.64 bits per heavy atom. The second-order valence-electron chi connectivity index (χ2n) is 6.77. The maximum atomic E-state index is 11.4. The second kappa shape index (κ2) is 5.92. The molecule has 1 unspecified atom stereocenters. The summed E-state index contributed by atoms with van der Waals surface area (Å²) >= 11 is 0. The summed E-state index contributed by atoms with van der Waals surface area (Å²) in [4.78, 5) is 11.4. The molecule has 1 heterocycles. The highest BCUT2D eigenvalue weighted by atomic mass is 16.5. The Labute approximate surface area is 131 Å². The van der Waals surface area contributed by atoms with Crippen LogP contribution in [0.3, 0.4) is 0 Å². The maximum absolute atomic E-state index is 11.4. The van der Waals surface area contributed by atoms with Gasteiger partial charge in [-0.05, 0) is 36.8 Å². The number of rotatable bonds is 5. The molecular weight excluding hydrogens is 280 g/mol. The number of hydrogen-bond acceptors (Lipinski definition) is 3. The number of carbonyl (C=O) groups is 1. The fourth-order valence-corrected chi connectivity index (χ4v) is 3.20. The van der Waals surface area contributed by atoms with Crippen LogP contribution in [0, 0.1) is 0 Å². The molecule has 1 aromatic rings. The van der Waals surface area contributed by atoms with Gasteiger partial charge in [0, 0.05) is 18.4 Å². The van der Waals surface area contributed by atoms with Crippen LogP contribution in [-0.2, 0) is 14.9 Å². The largest absolute Gasteiger partial charge is 0.490 e. The Bertz CT molecular complexity index is 556. The van der Waals surface area contributed by atoms with Gasteiger partial charge in [-0.2, -0.15) is 0 Å². The summed E-state index contributed by atoms with van der Waals surface area (Å²) in [7, 11) is 0. The van der Waals surface area contributed by atoms with Crippen molar-refractivity contribution in [1.29, 1.82) is 0 Å². The molecule has 1 aliphatic carbocycles. The number of carboxylic acid groups (broad SMARTS) is 1. The van der Waals surface area contributed by atoms with Crippen molar-refractivity contribution in [2.75, 3.05) is 13.2 Å². The van der Waals surface area contributed by atoms with E-state index in [9.17, 15) is 9.90 Å². The molecule has 3 rings (SSSR count). The molecule has 0 bridgehead atoms.